The lowest BCUT2D eigenvalue weighted by molar-refractivity contribution is -0.384. The molecule has 4 rings (SSSR count). The zero-order valence-electron chi connectivity index (χ0n) is 18.2. The number of carbonyl (C=O) groups excluding carboxylic acids is 1. The van der Waals surface area contributed by atoms with E-state index in [9.17, 15) is 19.7 Å². The first-order valence-electron chi connectivity index (χ1n) is 10.1. The Hall–Kier alpha value is -4.31. The van der Waals surface area contributed by atoms with Crippen molar-refractivity contribution >= 4 is 23.2 Å². The number of nitro groups is 1. The smallest absolute Gasteiger partial charge is 0.294 e. The molecule has 11 heteroatoms. The molecule has 0 bridgehead atoms. The van der Waals surface area contributed by atoms with Crippen molar-refractivity contribution in [1.29, 1.82) is 0 Å². The number of nitrogens with one attached hydrogen (secondary N) is 1. The second-order valence-corrected chi connectivity index (χ2v) is 7.95. The zero-order chi connectivity index (χ0) is 24.4. The fourth-order valence-electron chi connectivity index (χ4n) is 3.55. The van der Waals surface area contributed by atoms with Crippen LogP contribution in [0, 0.1) is 17.0 Å². The molecule has 1 N–H and O–H groups in total. The Morgan fingerprint density at radius 3 is 2.53 bits per heavy atom. The topological polar surface area (TPSA) is 125 Å². The van der Waals surface area contributed by atoms with Crippen LogP contribution in [0.4, 0.5) is 5.69 Å². The fraction of sp³-hybridized carbons (Fsp3) is 0.130. The number of nitro benzene ring substituents is 1. The summed E-state index contributed by atoms with van der Waals surface area (Å²) < 4.78 is 2.96. The van der Waals surface area contributed by atoms with Crippen LogP contribution in [0.2, 0.25) is 5.02 Å². The van der Waals surface area contributed by atoms with E-state index < -0.39 is 28.0 Å². The molecule has 2 aromatic carbocycles. The Kier molecular flexibility index (Phi) is 6.24. The number of aryl methyl sites for hydroxylation is 2. The maximum Gasteiger partial charge on any atom is 0.294 e. The van der Waals surface area contributed by atoms with Gasteiger partial charge in [-0.3, -0.25) is 19.7 Å². The molecule has 0 fully saturated rings. The highest BCUT2D eigenvalue weighted by molar-refractivity contribution is 6.30. The molecule has 0 aliphatic carbocycles. The summed E-state index contributed by atoms with van der Waals surface area (Å²) in [5, 5.41) is 19.0. The highest BCUT2D eigenvalue weighted by Gasteiger charge is 2.25. The highest BCUT2D eigenvalue weighted by Crippen LogP contribution is 2.24. The summed E-state index contributed by atoms with van der Waals surface area (Å²) in [6.45, 7) is 1.58. The van der Waals surface area contributed by atoms with Gasteiger partial charge in [-0.25, -0.2) is 9.67 Å². The van der Waals surface area contributed by atoms with E-state index in [1.165, 1.54) is 28.9 Å². The van der Waals surface area contributed by atoms with E-state index in [4.69, 9.17) is 11.6 Å². The normalized spacial score (nSPS) is 11.7. The number of amides is 1. The Morgan fingerprint density at radius 2 is 1.88 bits per heavy atom. The van der Waals surface area contributed by atoms with E-state index in [-0.39, 0.29) is 11.4 Å². The lowest BCUT2D eigenvalue weighted by atomic mass is 10.1. The lowest BCUT2D eigenvalue weighted by Gasteiger charge is -2.19. The van der Waals surface area contributed by atoms with Gasteiger partial charge in [-0.1, -0.05) is 35.9 Å². The predicted molar refractivity (Wildman–Crippen MR) is 125 cm³/mol. The van der Waals surface area contributed by atoms with Crippen LogP contribution in [-0.4, -0.2) is 30.2 Å². The number of halogens is 1. The molecule has 34 heavy (non-hydrogen) atoms. The molecule has 1 amide bonds. The molecule has 0 saturated carbocycles. The standard InChI is InChI=1S/C23H19ClN6O4/c1-14-13-19(31)21(27-29(14)17-5-3-4-6-18(17)30(33)34)23(32)26-20(22-25-11-12-28(22)2)15-7-9-16(24)10-8-15/h3-13,20H,1-2H3,(H,26,32)/t20-/m0/s1. The lowest BCUT2D eigenvalue weighted by Crippen LogP contribution is -2.36. The van der Waals surface area contributed by atoms with Gasteiger partial charge in [0.2, 0.25) is 5.43 Å². The van der Waals surface area contributed by atoms with Crippen molar-refractivity contribution in [3.8, 4) is 5.69 Å². The monoisotopic (exact) mass is 478 g/mol. The van der Waals surface area contributed by atoms with Gasteiger partial charge in [0.1, 0.15) is 17.6 Å². The van der Waals surface area contributed by atoms with Gasteiger partial charge in [0, 0.05) is 42.3 Å². The van der Waals surface area contributed by atoms with Gasteiger partial charge in [-0.05, 0) is 30.7 Å². The second kappa shape index (κ2) is 9.28. The van der Waals surface area contributed by atoms with Crippen molar-refractivity contribution in [3.63, 3.8) is 0 Å². The van der Waals surface area contributed by atoms with Gasteiger partial charge in [0.25, 0.3) is 11.6 Å². The molecule has 0 saturated heterocycles. The van der Waals surface area contributed by atoms with Crippen LogP contribution in [0.25, 0.3) is 5.69 Å². The number of aromatic nitrogens is 4. The first kappa shape index (κ1) is 22.9. The number of hydrogen-bond acceptors (Lipinski definition) is 6. The average Bonchev–Trinajstić information content (AvgIpc) is 3.23. The number of carbonyl (C=O) groups is 1. The first-order valence-corrected chi connectivity index (χ1v) is 10.5. The number of nitrogens with zero attached hydrogens (tertiary/aromatic N) is 5. The summed E-state index contributed by atoms with van der Waals surface area (Å²) in [5.41, 5.74) is -0.0543. The van der Waals surface area contributed by atoms with Gasteiger partial charge >= 0.3 is 0 Å². The first-order chi connectivity index (χ1) is 16.3. The largest absolute Gasteiger partial charge is 0.336 e. The minimum absolute atomic E-state index is 0.136. The Labute approximate surface area is 198 Å². The summed E-state index contributed by atoms with van der Waals surface area (Å²) in [6.07, 6.45) is 3.33. The summed E-state index contributed by atoms with van der Waals surface area (Å²) >= 11 is 6.01. The number of imidazole rings is 1. The molecule has 172 valence electrons. The Bertz CT molecular complexity index is 1440. The van der Waals surface area contributed by atoms with Crippen molar-refractivity contribution in [1.82, 2.24) is 24.6 Å². The van der Waals surface area contributed by atoms with E-state index in [1.54, 1.807) is 61.3 Å². The van der Waals surface area contributed by atoms with Crippen molar-refractivity contribution < 1.29 is 9.72 Å². The molecule has 0 spiro atoms. The fourth-order valence-corrected chi connectivity index (χ4v) is 3.68. The molecule has 1 atom stereocenters. The summed E-state index contributed by atoms with van der Waals surface area (Å²) in [6, 6.07) is 13.3. The molecule has 0 radical (unpaired) electrons. The number of hydrogen-bond donors (Lipinski definition) is 1. The third-order valence-electron chi connectivity index (χ3n) is 5.22. The molecule has 2 heterocycles. The SMILES string of the molecule is Cc1cc(=O)c(C(=O)N[C@@H](c2ccc(Cl)cc2)c2nccn2C)nn1-c1ccccc1[N+](=O)[O-]. The van der Waals surface area contributed by atoms with E-state index in [1.807, 2.05) is 0 Å². The van der Waals surface area contributed by atoms with Gasteiger partial charge in [0.05, 0.1) is 4.92 Å². The van der Waals surface area contributed by atoms with Crippen molar-refractivity contribution in [2.75, 3.05) is 0 Å². The molecule has 10 nitrogen and oxygen atoms in total. The second-order valence-electron chi connectivity index (χ2n) is 7.51. The van der Waals surface area contributed by atoms with Gasteiger partial charge in [0.15, 0.2) is 5.69 Å². The minimum Gasteiger partial charge on any atom is -0.336 e. The van der Waals surface area contributed by atoms with Crippen LogP contribution < -0.4 is 10.7 Å². The zero-order valence-corrected chi connectivity index (χ0v) is 18.9. The summed E-state index contributed by atoms with van der Waals surface area (Å²) in [4.78, 5) is 41.2. The van der Waals surface area contributed by atoms with Gasteiger partial charge in [-0.2, -0.15) is 5.10 Å². The van der Waals surface area contributed by atoms with Gasteiger partial charge in [-0.15, -0.1) is 0 Å². The molecule has 0 aliphatic heterocycles. The maximum absolute atomic E-state index is 13.3. The van der Waals surface area contributed by atoms with E-state index >= 15 is 0 Å². The van der Waals surface area contributed by atoms with Crippen LogP contribution in [0.5, 0.6) is 0 Å². The summed E-state index contributed by atoms with van der Waals surface area (Å²) in [7, 11) is 1.78. The van der Waals surface area contributed by atoms with Crippen molar-refractivity contribution in [2.24, 2.45) is 7.05 Å². The van der Waals surface area contributed by atoms with E-state index in [0.29, 0.717) is 22.1 Å². The number of benzene rings is 2. The third-order valence-corrected chi connectivity index (χ3v) is 5.48. The van der Waals surface area contributed by atoms with Crippen molar-refractivity contribution in [2.45, 2.75) is 13.0 Å². The third kappa shape index (κ3) is 4.44. The van der Waals surface area contributed by atoms with E-state index in [0.717, 1.165) is 0 Å². The minimum atomic E-state index is -0.750. The number of rotatable bonds is 6. The Morgan fingerprint density at radius 1 is 1.18 bits per heavy atom. The predicted octanol–water partition coefficient (Wildman–Crippen LogP) is 3.36. The van der Waals surface area contributed by atoms with E-state index in [2.05, 4.69) is 15.4 Å². The van der Waals surface area contributed by atoms with Crippen LogP contribution >= 0.6 is 11.6 Å². The van der Waals surface area contributed by atoms with Crippen LogP contribution in [0.3, 0.4) is 0 Å². The maximum atomic E-state index is 13.3. The molecular formula is C23H19ClN6O4. The summed E-state index contributed by atoms with van der Waals surface area (Å²) in [5.74, 6) is -0.220. The quantitative estimate of drug-likeness (QED) is 0.334. The molecule has 0 unspecified atom stereocenters. The average molecular weight is 479 g/mol. The van der Waals surface area contributed by atoms with Crippen LogP contribution in [0.15, 0.2) is 71.8 Å². The highest BCUT2D eigenvalue weighted by atomic mass is 35.5. The number of para-hydroxylation sites is 2. The molecule has 4 aromatic rings. The molecular weight excluding hydrogens is 460 g/mol. The molecule has 0 aliphatic rings. The van der Waals surface area contributed by atoms with Gasteiger partial charge < -0.3 is 9.88 Å². The van der Waals surface area contributed by atoms with Crippen molar-refractivity contribution in [3.05, 3.63) is 115 Å². The molecule has 2 aromatic heterocycles. The van der Waals surface area contributed by atoms with Crippen LogP contribution in [-0.2, 0) is 7.05 Å². The van der Waals surface area contributed by atoms with Crippen LogP contribution in [0.1, 0.15) is 33.6 Å². The Balaban J connectivity index is 1.77.